The Bertz CT molecular complexity index is 574. The van der Waals surface area contributed by atoms with Crippen LogP contribution in [0.1, 0.15) is 23.0 Å². The molecule has 18 heavy (non-hydrogen) atoms. The molecule has 0 aliphatic heterocycles. The molecule has 1 atom stereocenters. The standard InChI is InChI=1S/C12H10BrClFN3/c1-6-4-18-9(5-17-6)12(16)7-2-3-8(13)10(14)11(7)15/h2-5,12H,16H2,1H3. The molecular weight excluding hydrogens is 321 g/mol. The highest BCUT2D eigenvalue weighted by molar-refractivity contribution is 9.10. The van der Waals surface area contributed by atoms with Gasteiger partial charge in [-0.25, -0.2) is 4.39 Å². The van der Waals surface area contributed by atoms with Crippen LogP contribution in [0, 0.1) is 12.7 Å². The van der Waals surface area contributed by atoms with Crippen molar-refractivity contribution in [1.29, 1.82) is 0 Å². The predicted molar refractivity (Wildman–Crippen MR) is 71.9 cm³/mol. The van der Waals surface area contributed by atoms with E-state index in [1.54, 1.807) is 18.3 Å². The lowest BCUT2D eigenvalue weighted by molar-refractivity contribution is 0.596. The summed E-state index contributed by atoms with van der Waals surface area (Å²) in [6.45, 7) is 1.82. The Labute approximate surface area is 117 Å². The maximum absolute atomic E-state index is 14.0. The summed E-state index contributed by atoms with van der Waals surface area (Å²) in [7, 11) is 0. The zero-order valence-corrected chi connectivity index (χ0v) is 11.8. The molecule has 2 N–H and O–H groups in total. The van der Waals surface area contributed by atoms with Gasteiger partial charge in [0.2, 0.25) is 0 Å². The van der Waals surface area contributed by atoms with Crippen LogP contribution in [0.3, 0.4) is 0 Å². The van der Waals surface area contributed by atoms with E-state index >= 15 is 0 Å². The van der Waals surface area contributed by atoms with Gasteiger partial charge in [-0.1, -0.05) is 17.7 Å². The monoisotopic (exact) mass is 329 g/mol. The fourth-order valence-corrected chi connectivity index (χ4v) is 1.98. The molecule has 1 unspecified atom stereocenters. The highest BCUT2D eigenvalue weighted by atomic mass is 79.9. The van der Waals surface area contributed by atoms with Gasteiger partial charge >= 0.3 is 0 Å². The van der Waals surface area contributed by atoms with Crippen molar-refractivity contribution in [3.05, 3.63) is 56.8 Å². The van der Waals surface area contributed by atoms with Crippen molar-refractivity contribution in [1.82, 2.24) is 9.97 Å². The van der Waals surface area contributed by atoms with Gasteiger partial charge in [-0.3, -0.25) is 9.97 Å². The van der Waals surface area contributed by atoms with Crippen molar-refractivity contribution < 1.29 is 4.39 Å². The van der Waals surface area contributed by atoms with Crippen LogP contribution in [0.5, 0.6) is 0 Å². The number of benzene rings is 1. The van der Waals surface area contributed by atoms with Gasteiger partial charge in [-0.05, 0) is 28.9 Å². The molecular formula is C12H10BrClFN3. The van der Waals surface area contributed by atoms with Crippen LogP contribution in [-0.2, 0) is 0 Å². The molecule has 1 aromatic carbocycles. The van der Waals surface area contributed by atoms with Crippen LogP contribution in [-0.4, -0.2) is 9.97 Å². The highest BCUT2D eigenvalue weighted by Gasteiger charge is 2.18. The molecule has 2 aromatic rings. The summed E-state index contributed by atoms with van der Waals surface area (Å²) in [6.07, 6.45) is 3.13. The minimum absolute atomic E-state index is 0.0167. The number of aryl methyl sites for hydroxylation is 1. The molecule has 0 radical (unpaired) electrons. The number of hydrogen-bond acceptors (Lipinski definition) is 3. The van der Waals surface area contributed by atoms with Crippen LogP contribution in [0.25, 0.3) is 0 Å². The highest BCUT2D eigenvalue weighted by Crippen LogP contribution is 2.31. The first-order valence-electron chi connectivity index (χ1n) is 5.18. The fourth-order valence-electron chi connectivity index (χ4n) is 1.50. The Hall–Kier alpha value is -1.04. The minimum Gasteiger partial charge on any atom is -0.319 e. The summed E-state index contributed by atoms with van der Waals surface area (Å²) < 4.78 is 14.5. The van der Waals surface area contributed by atoms with E-state index in [-0.39, 0.29) is 5.02 Å². The normalized spacial score (nSPS) is 12.5. The van der Waals surface area contributed by atoms with Crippen LogP contribution in [0.4, 0.5) is 4.39 Å². The number of hydrogen-bond donors (Lipinski definition) is 1. The summed E-state index contributed by atoms with van der Waals surface area (Å²) in [4.78, 5) is 8.23. The van der Waals surface area contributed by atoms with Gasteiger partial charge in [0.25, 0.3) is 0 Å². The Morgan fingerprint density at radius 1 is 1.33 bits per heavy atom. The van der Waals surface area contributed by atoms with Crippen molar-refractivity contribution >= 4 is 27.5 Å². The summed E-state index contributed by atoms with van der Waals surface area (Å²) in [5, 5.41) is 0.0167. The number of rotatable bonds is 2. The second-order valence-corrected chi connectivity index (χ2v) is 5.06. The van der Waals surface area contributed by atoms with E-state index in [1.807, 2.05) is 6.92 Å². The van der Waals surface area contributed by atoms with Gasteiger partial charge in [0.1, 0.15) is 5.82 Å². The maximum atomic E-state index is 14.0. The van der Waals surface area contributed by atoms with E-state index in [0.29, 0.717) is 15.7 Å². The maximum Gasteiger partial charge on any atom is 0.148 e. The van der Waals surface area contributed by atoms with Crippen molar-refractivity contribution in [2.24, 2.45) is 5.73 Å². The Balaban J connectivity index is 2.43. The van der Waals surface area contributed by atoms with Gasteiger partial charge < -0.3 is 5.73 Å². The van der Waals surface area contributed by atoms with Crippen molar-refractivity contribution in [3.8, 4) is 0 Å². The molecule has 0 amide bonds. The van der Waals surface area contributed by atoms with E-state index in [1.165, 1.54) is 6.20 Å². The molecule has 1 aromatic heterocycles. The van der Waals surface area contributed by atoms with Gasteiger partial charge in [0.05, 0.1) is 28.6 Å². The number of nitrogens with two attached hydrogens (primary N) is 1. The first kappa shape index (κ1) is 13.4. The minimum atomic E-state index is -0.691. The van der Waals surface area contributed by atoms with Crippen molar-refractivity contribution in [3.63, 3.8) is 0 Å². The van der Waals surface area contributed by atoms with Crippen LogP contribution in [0.2, 0.25) is 5.02 Å². The summed E-state index contributed by atoms with van der Waals surface area (Å²) >= 11 is 8.98. The average molecular weight is 331 g/mol. The Kier molecular flexibility index (Phi) is 3.94. The van der Waals surface area contributed by atoms with Crippen LogP contribution >= 0.6 is 27.5 Å². The molecule has 0 saturated carbocycles. The van der Waals surface area contributed by atoms with E-state index in [0.717, 1.165) is 5.69 Å². The topological polar surface area (TPSA) is 51.8 Å². The molecule has 0 spiro atoms. The smallest absolute Gasteiger partial charge is 0.148 e. The van der Waals surface area contributed by atoms with Crippen LogP contribution < -0.4 is 5.73 Å². The van der Waals surface area contributed by atoms with Crippen LogP contribution in [0.15, 0.2) is 29.0 Å². The van der Waals surface area contributed by atoms with Gasteiger partial charge in [-0.15, -0.1) is 0 Å². The predicted octanol–water partition coefficient (Wildman–Crippen LogP) is 3.39. The van der Waals surface area contributed by atoms with E-state index in [4.69, 9.17) is 17.3 Å². The van der Waals surface area contributed by atoms with Gasteiger partial charge in [0, 0.05) is 16.2 Å². The molecule has 0 bridgehead atoms. The molecule has 0 aliphatic carbocycles. The quantitative estimate of drug-likeness (QED) is 0.859. The zero-order chi connectivity index (χ0) is 13.3. The number of halogens is 3. The fraction of sp³-hybridized carbons (Fsp3) is 0.167. The molecule has 1 heterocycles. The summed E-state index contributed by atoms with van der Waals surface area (Å²) in [5.41, 5.74) is 7.54. The van der Waals surface area contributed by atoms with Crippen molar-refractivity contribution in [2.45, 2.75) is 13.0 Å². The van der Waals surface area contributed by atoms with Gasteiger partial charge in [-0.2, -0.15) is 0 Å². The molecule has 2 rings (SSSR count). The molecule has 6 heteroatoms. The second kappa shape index (κ2) is 5.30. The lowest BCUT2D eigenvalue weighted by Crippen LogP contribution is -2.16. The largest absolute Gasteiger partial charge is 0.319 e. The Morgan fingerprint density at radius 2 is 2.06 bits per heavy atom. The third-order valence-corrected chi connectivity index (χ3v) is 3.78. The SMILES string of the molecule is Cc1cnc(C(N)c2ccc(Br)c(Cl)c2F)cn1. The molecule has 3 nitrogen and oxygen atoms in total. The molecule has 0 fully saturated rings. The molecule has 0 saturated heterocycles. The van der Waals surface area contributed by atoms with E-state index in [9.17, 15) is 4.39 Å². The van der Waals surface area contributed by atoms with E-state index in [2.05, 4.69) is 25.9 Å². The molecule has 0 aliphatic rings. The average Bonchev–Trinajstić information content (AvgIpc) is 2.36. The van der Waals surface area contributed by atoms with Crippen molar-refractivity contribution in [2.75, 3.05) is 0 Å². The number of nitrogens with zero attached hydrogens (tertiary/aromatic N) is 2. The van der Waals surface area contributed by atoms with Gasteiger partial charge in [0.15, 0.2) is 0 Å². The Morgan fingerprint density at radius 3 is 2.67 bits per heavy atom. The summed E-state index contributed by atoms with van der Waals surface area (Å²) in [5.74, 6) is -0.541. The lowest BCUT2D eigenvalue weighted by atomic mass is 10.0. The summed E-state index contributed by atoms with van der Waals surface area (Å²) in [6, 6.07) is 2.54. The first-order valence-corrected chi connectivity index (χ1v) is 6.35. The second-order valence-electron chi connectivity index (χ2n) is 3.82. The number of aromatic nitrogens is 2. The lowest BCUT2D eigenvalue weighted by Gasteiger charge is -2.13. The third-order valence-electron chi connectivity index (χ3n) is 2.52. The first-order chi connectivity index (χ1) is 8.50. The van der Waals surface area contributed by atoms with E-state index < -0.39 is 11.9 Å². The zero-order valence-electron chi connectivity index (χ0n) is 9.49. The molecule has 94 valence electrons. The third kappa shape index (κ3) is 2.53.